The molecule has 4 heterocycles. The van der Waals surface area contributed by atoms with Crippen LogP contribution in [0, 0.1) is 6.92 Å². The van der Waals surface area contributed by atoms with E-state index in [1.165, 1.54) is 11.3 Å². The number of amides is 1. The van der Waals surface area contributed by atoms with Crippen molar-refractivity contribution in [2.24, 2.45) is 0 Å². The summed E-state index contributed by atoms with van der Waals surface area (Å²) in [6.07, 6.45) is 1.56. The standard InChI is InChI=1S/C19H18N4O4S/c1-11-15-17(23-4-6-25-7-5-23)20-9-21-19(15)28-16(11)18(24)22-12-2-3-13-14(8-12)27-10-26-13/h2-3,8-9H,4-7,10H2,1H3,(H,22,24). The molecule has 2 aliphatic heterocycles. The number of benzene rings is 1. The average Bonchev–Trinajstić information content (AvgIpc) is 3.32. The molecule has 1 fully saturated rings. The molecule has 9 heteroatoms. The number of rotatable bonds is 3. The molecular formula is C19H18N4O4S. The van der Waals surface area contributed by atoms with Crippen LogP contribution in [0.15, 0.2) is 24.5 Å². The normalized spacial score (nSPS) is 15.8. The van der Waals surface area contributed by atoms with E-state index in [2.05, 4.69) is 20.2 Å². The first kappa shape index (κ1) is 17.2. The number of thiophene rings is 1. The molecule has 28 heavy (non-hydrogen) atoms. The number of anilines is 2. The minimum atomic E-state index is -0.174. The van der Waals surface area contributed by atoms with Crippen LogP contribution < -0.4 is 19.7 Å². The number of hydrogen-bond donors (Lipinski definition) is 1. The topological polar surface area (TPSA) is 85.8 Å². The van der Waals surface area contributed by atoms with Gasteiger partial charge in [0.2, 0.25) is 6.79 Å². The minimum absolute atomic E-state index is 0.174. The summed E-state index contributed by atoms with van der Waals surface area (Å²) in [5.41, 5.74) is 1.55. The van der Waals surface area contributed by atoms with Gasteiger partial charge in [-0.25, -0.2) is 9.97 Å². The Morgan fingerprint density at radius 3 is 2.86 bits per heavy atom. The van der Waals surface area contributed by atoms with E-state index in [-0.39, 0.29) is 12.7 Å². The van der Waals surface area contributed by atoms with Crippen molar-refractivity contribution < 1.29 is 19.0 Å². The fourth-order valence-corrected chi connectivity index (χ4v) is 4.49. The number of carbonyl (C=O) groups is 1. The largest absolute Gasteiger partial charge is 0.454 e. The van der Waals surface area contributed by atoms with Crippen LogP contribution in [0.1, 0.15) is 15.2 Å². The molecular weight excluding hydrogens is 380 g/mol. The van der Waals surface area contributed by atoms with Crippen LogP contribution in [0.2, 0.25) is 0 Å². The van der Waals surface area contributed by atoms with Crippen molar-refractivity contribution in [3.63, 3.8) is 0 Å². The van der Waals surface area contributed by atoms with Crippen molar-refractivity contribution in [3.8, 4) is 11.5 Å². The maximum atomic E-state index is 12.9. The van der Waals surface area contributed by atoms with Gasteiger partial charge in [-0.2, -0.15) is 0 Å². The van der Waals surface area contributed by atoms with Gasteiger partial charge in [0.15, 0.2) is 11.5 Å². The van der Waals surface area contributed by atoms with E-state index in [1.54, 1.807) is 24.5 Å². The molecule has 0 aliphatic carbocycles. The van der Waals surface area contributed by atoms with Gasteiger partial charge < -0.3 is 24.4 Å². The summed E-state index contributed by atoms with van der Waals surface area (Å²) in [7, 11) is 0. The van der Waals surface area contributed by atoms with Gasteiger partial charge in [-0.05, 0) is 24.6 Å². The zero-order valence-corrected chi connectivity index (χ0v) is 16.0. The van der Waals surface area contributed by atoms with Crippen LogP contribution in [-0.2, 0) is 4.74 Å². The number of morpholine rings is 1. The number of hydrogen-bond acceptors (Lipinski definition) is 8. The van der Waals surface area contributed by atoms with Gasteiger partial charge in [-0.3, -0.25) is 4.79 Å². The molecule has 1 N–H and O–H groups in total. The van der Waals surface area contributed by atoms with Crippen molar-refractivity contribution in [2.45, 2.75) is 6.92 Å². The first-order valence-corrected chi connectivity index (χ1v) is 9.80. The van der Waals surface area contributed by atoms with Gasteiger partial charge in [0.25, 0.3) is 5.91 Å². The number of carbonyl (C=O) groups excluding carboxylic acids is 1. The zero-order valence-electron chi connectivity index (χ0n) is 15.2. The lowest BCUT2D eigenvalue weighted by molar-refractivity contribution is 0.103. The van der Waals surface area contributed by atoms with Crippen LogP contribution in [0.4, 0.5) is 11.5 Å². The van der Waals surface area contributed by atoms with E-state index >= 15 is 0 Å². The van der Waals surface area contributed by atoms with Gasteiger partial charge in [0, 0.05) is 24.8 Å². The van der Waals surface area contributed by atoms with E-state index in [4.69, 9.17) is 14.2 Å². The lowest BCUT2D eigenvalue weighted by atomic mass is 10.1. The average molecular weight is 398 g/mol. The number of aromatic nitrogens is 2. The van der Waals surface area contributed by atoms with E-state index in [0.717, 1.165) is 34.7 Å². The second kappa shape index (κ2) is 6.92. The molecule has 1 saturated heterocycles. The highest BCUT2D eigenvalue weighted by atomic mass is 32.1. The molecule has 3 aromatic rings. The Hall–Kier alpha value is -2.91. The van der Waals surface area contributed by atoms with E-state index in [9.17, 15) is 4.79 Å². The van der Waals surface area contributed by atoms with Gasteiger partial charge in [-0.15, -0.1) is 11.3 Å². The second-order valence-corrected chi connectivity index (χ2v) is 7.55. The summed E-state index contributed by atoms with van der Waals surface area (Å²) in [5, 5.41) is 3.88. The Labute approximate surface area is 165 Å². The number of nitrogens with zero attached hydrogens (tertiary/aromatic N) is 3. The summed E-state index contributed by atoms with van der Waals surface area (Å²) < 4.78 is 16.1. The van der Waals surface area contributed by atoms with Gasteiger partial charge in [0.05, 0.1) is 23.5 Å². The molecule has 0 saturated carbocycles. The quantitative estimate of drug-likeness (QED) is 0.726. The minimum Gasteiger partial charge on any atom is -0.454 e. The Balaban J connectivity index is 1.47. The third kappa shape index (κ3) is 2.92. The fourth-order valence-electron chi connectivity index (χ4n) is 3.45. The molecule has 1 amide bonds. The van der Waals surface area contributed by atoms with Crippen molar-refractivity contribution in [2.75, 3.05) is 43.3 Å². The monoisotopic (exact) mass is 398 g/mol. The van der Waals surface area contributed by atoms with Crippen LogP contribution >= 0.6 is 11.3 Å². The first-order valence-electron chi connectivity index (χ1n) is 8.98. The zero-order chi connectivity index (χ0) is 19.1. The highest BCUT2D eigenvalue weighted by molar-refractivity contribution is 7.20. The van der Waals surface area contributed by atoms with Gasteiger partial charge >= 0.3 is 0 Å². The first-order chi connectivity index (χ1) is 13.7. The predicted molar refractivity (Wildman–Crippen MR) is 106 cm³/mol. The summed E-state index contributed by atoms with van der Waals surface area (Å²) in [6, 6.07) is 5.35. The fraction of sp³-hybridized carbons (Fsp3) is 0.316. The summed E-state index contributed by atoms with van der Waals surface area (Å²) >= 11 is 1.38. The number of fused-ring (bicyclic) bond motifs is 2. The van der Waals surface area contributed by atoms with E-state index < -0.39 is 0 Å². The van der Waals surface area contributed by atoms with Crippen LogP contribution in [0.25, 0.3) is 10.2 Å². The molecule has 144 valence electrons. The lowest BCUT2D eigenvalue weighted by Gasteiger charge is -2.28. The highest BCUT2D eigenvalue weighted by Crippen LogP contribution is 2.37. The molecule has 0 atom stereocenters. The maximum Gasteiger partial charge on any atom is 0.266 e. The molecule has 5 rings (SSSR count). The summed E-state index contributed by atoms with van der Waals surface area (Å²) in [6.45, 7) is 5.05. The van der Waals surface area contributed by atoms with Crippen LogP contribution in [-0.4, -0.2) is 49.0 Å². The molecule has 0 unspecified atom stereocenters. The molecule has 0 radical (unpaired) electrons. The molecule has 1 aromatic carbocycles. The Bertz CT molecular complexity index is 1060. The Morgan fingerprint density at radius 2 is 2.00 bits per heavy atom. The molecule has 0 bridgehead atoms. The van der Waals surface area contributed by atoms with Crippen molar-refractivity contribution in [3.05, 3.63) is 35.0 Å². The van der Waals surface area contributed by atoms with E-state index in [0.29, 0.717) is 35.3 Å². The third-order valence-corrected chi connectivity index (χ3v) is 6.05. The molecule has 0 spiro atoms. The molecule has 2 aliphatic rings. The third-order valence-electron chi connectivity index (χ3n) is 4.85. The number of aryl methyl sites for hydroxylation is 1. The van der Waals surface area contributed by atoms with Crippen LogP contribution in [0.5, 0.6) is 11.5 Å². The van der Waals surface area contributed by atoms with Gasteiger partial charge in [-0.1, -0.05) is 0 Å². The predicted octanol–water partition coefficient (Wildman–Crippen LogP) is 2.82. The maximum absolute atomic E-state index is 12.9. The Morgan fingerprint density at radius 1 is 1.18 bits per heavy atom. The Kier molecular flexibility index (Phi) is 4.25. The smallest absolute Gasteiger partial charge is 0.266 e. The molecule has 8 nitrogen and oxygen atoms in total. The number of ether oxygens (including phenoxy) is 3. The molecule has 2 aromatic heterocycles. The highest BCUT2D eigenvalue weighted by Gasteiger charge is 2.23. The lowest BCUT2D eigenvalue weighted by Crippen LogP contribution is -2.36. The summed E-state index contributed by atoms with van der Waals surface area (Å²) in [5.74, 6) is 2.00. The number of nitrogens with one attached hydrogen (secondary N) is 1. The van der Waals surface area contributed by atoms with E-state index in [1.807, 2.05) is 6.92 Å². The van der Waals surface area contributed by atoms with Crippen molar-refractivity contribution in [1.82, 2.24) is 9.97 Å². The van der Waals surface area contributed by atoms with Crippen LogP contribution in [0.3, 0.4) is 0 Å². The van der Waals surface area contributed by atoms with Crippen molar-refractivity contribution in [1.29, 1.82) is 0 Å². The SMILES string of the molecule is Cc1c(C(=O)Nc2ccc3c(c2)OCO3)sc2ncnc(N3CCOCC3)c12. The second-order valence-electron chi connectivity index (χ2n) is 6.56. The summed E-state index contributed by atoms with van der Waals surface area (Å²) in [4.78, 5) is 25.4. The van der Waals surface area contributed by atoms with Crippen molar-refractivity contribution >= 4 is 39.0 Å². The van der Waals surface area contributed by atoms with Gasteiger partial charge in [0.1, 0.15) is 17.0 Å².